The molecule has 0 aromatic heterocycles. The van der Waals surface area contributed by atoms with Gasteiger partial charge in [0, 0.05) is 0 Å². The molecule has 0 aliphatic carbocycles. The van der Waals surface area contributed by atoms with Gasteiger partial charge in [-0.15, -0.1) is 0 Å². The SMILES string of the molecule is C[Si](C)(C)C=CC=C[Si](C)(C)C. The van der Waals surface area contributed by atoms with Crippen LogP contribution in [0.5, 0.6) is 0 Å². The largest absolute Gasteiger partial charge is 0.0950 e. The van der Waals surface area contributed by atoms with Crippen LogP contribution in [0, 0.1) is 0 Å². The van der Waals surface area contributed by atoms with Crippen molar-refractivity contribution in [2.24, 2.45) is 0 Å². The molecule has 0 fully saturated rings. The summed E-state index contributed by atoms with van der Waals surface area (Å²) in [5, 5.41) is 0. The molecule has 0 N–H and O–H groups in total. The molecular formula is C10H22Si2. The van der Waals surface area contributed by atoms with E-state index >= 15 is 0 Å². The summed E-state index contributed by atoms with van der Waals surface area (Å²) >= 11 is 0. The van der Waals surface area contributed by atoms with Crippen molar-refractivity contribution in [3.8, 4) is 0 Å². The smallest absolute Gasteiger partial charge is 0.0686 e. The van der Waals surface area contributed by atoms with Crippen molar-refractivity contribution in [1.82, 2.24) is 0 Å². The lowest BCUT2D eigenvalue weighted by atomic mass is 10.6. The minimum absolute atomic E-state index is 0.970. The molecule has 70 valence electrons. The van der Waals surface area contributed by atoms with Crippen LogP contribution in [0.2, 0.25) is 39.3 Å². The fourth-order valence-corrected chi connectivity index (χ4v) is 2.07. The molecule has 0 radical (unpaired) electrons. The van der Waals surface area contributed by atoms with E-state index in [4.69, 9.17) is 0 Å². The molecule has 0 heterocycles. The van der Waals surface area contributed by atoms with Gasteiger partial charge in [-0.3, -0.25) is 0 Å². The summed E-state index contributed by atoms with van der Waals surface area (Å²) in [7, 11) is -1.94. The topological polar surface area (TPSA) is 0 Å². The van der Waals surface area contributed by atoms with Gasteiger partial charge in [-0.05, 0) is 0 Å². The first-order valence-electron chi connectivity index (χ1n) is 4.58. The molecule has 0 bridgehead atoms. The number of hydrogen-bond donors (Lipinski definition) is 0. The van der Waals surface area contributed by atoms with Gasteiger partial charge < -0.3 is 0 Å². The van der Waals surface area contributed by atoms with Crippen LogP contribution in [0.25, 0.3) is 0 Å². The third-order valence-corrected chi connectivity index (χ3v) is 3.69. The Labute approximate surface area is 79.4 Å². The predicted molar refractivity (Wildman–Crippen MR) is 65.0 cm³/mol. The molecule has 0 aromatic rings. The van der Waals surface area contributed by atoms with Crippen LogP contribution in [-0.4, -0.2) is 16.1 Å². The standard InChI is InChI=1S/C10H22Si2/c1-11(2,3)9-7-8-10-12(4,5)6/h7-10H,1-6H3. The van der Waals surface area contributed by atoms with Gasteiger partial charge in [-0.1, -0.05) is 62.8 Å². The van der Waals surface area contributed by atoms with E-state index in [0.29, 0.717) is 0 Å². The minimum atomic E-state index is -0.970. The molecule has 0 saturated carbocycles. The second-order valence-corrected chi connectivity index (χ2v) is 15.6. The zero-order valence-electron chi connectivity index (χ0n) is 9.31. The second-order valence-electron chi connectivity index (χ2n) is 5.45. The first-order valence-corrected chi connectivity index (χ1v) is 11.7. The highest BCUT2D eigenvalue weighted by Gasteiger charge is 2.07. The van der Waals surface area contributed by atoms with Gasteiger partial charge in [0.25, 0.3) is 0 Å². The zero-order valence-corrected chi connectivity index (χ0v) is 11.3. The first kappa shape index (κ1) is 11.9. The second kappa shape index (κ2) is 4.24. The van der Waals surface area contributed by atoms with Crippen LogP contribution in [-0.2, 0) is 0 Å². The van der Waals surface area contributed by atoms with Crippen LogP contribution in [0.3, 0.4) is 0 Å². The quantitative estimate of drug-likeness (QED) is 0.477. The molecule has 0 aliphatic heterocycles. The first-order chi connectivity index (χ1) is 5.21. The third-order valence-electron chi connectivity index (χ3n) is 1.30. The average Bonchev–Trinajstić information content (AvgIpc) is 1.76. The van der Waals surface area contributed by atoms with Crippen LogP contribution >= 0.6 is 0 Å². The van der Waals surface area contributed by atoms with Gasteiger partial charge in [-0.2, -0.15) is 0 Å². The molecule has 0 spiro atoms. The van der Waals surface area contributed by atoms with E-state index in [1.54, 1.807) is 0 Å². The monoisotopic (exact) mass is 198 g/mol. The van der Waals surface area contributed by atoms with Crippen molar-refractivity contribution in [2.45, 2.75) is 39.3 Å². The van der Waals surface area contributed by atoms with Gasteiger partial charge in [-0.25, -0.2) is 0 Å². The van der Waals surface area contributed by atoms with Crippen LogP contribution < -0.4 is 0 Å². The summed E-state index contributed by atoms with van der Waals surface area (Å²) < 4.78 is 0. The molecule has 0 aliphatic rings. The van der Waals surface area contributed by atoms with Gasteiger partial charge in [0.05, 0.1) is 16.1 Å². The lowest BCUT2D eigenvalue weighted by molar-refractivity contribution is 1.74. The molecule has 0 unspecified atom stereocenters. The highest BCUT2D eigenvalue weighted by atomic mass is 28.3. The minimum Gasteiger partial charge on any atom is -0.0950 e. The maximum atomic E-state index is 2.38. The Morgan fingerprint density at radius 2 is 0.833 bits per heavy atom. The van der Waals surface area contributed by atoms with Gasteiger partial charge >= 0.3 is 0 Å². The lowest BCUT2D eigenvalue weighted by Gasteiger charge is -2.08. The third kappa shape index (κ3) is 9.91. The number of allylic oxidation sites excluding steroid dienone is 2. The van der Waals surface area contributed by atoms with E-state index in [2.05, 4.69) is 62.8 Å². The molecule has 12 heavy (non-hydrogen) atoms. The van der Waals surface area contributed by atoms with E-state index in [1.165, 1.54) is 0 Å². The van der Waals surface area contributed by atoms with Crippen molar-refractivity contribution in [1.29, 1.82) is 0 Å². The summed E-state index contributed by atoms with van der Waals surface area (Å²) in [5.41, 5.74) is 4.76. The summed E-state index contributed by atoms with van der Waals surface area (Å²) in [6.07, 6.45) is 4.45. The highest BCUT2D eigenvalue weighted by molar-refractivity contribution is 6.81. The highest BCUT2D eigenvalue weighted by Crippen LogP contribution is 2.04. The van der Waals surface area contributed by atoms with E-state index in [-0.39, 0.29) is 0 Å². The summed E-state index contributed by atoms with van der Waals surface area (Å²) in [6, 6.07) is 0. The van der Waals surface area contributed by atoms with E-state index in [0.717, 1.165) is 0 Å². The lowest BCUT2D eigenvalue weighted by Crippen LogP contribution is -2.16. The predicted octanol–water partition coefficient (Wildman–Crippen LogP) is 3.85. The van der Waals surface area contributed by atoms with E-state index < -0.39 is 16.1 Å². The molecule has 0 nitrogen and oxygen atoms in total. The maximum Gasteiger partial charge on any atom is 0.0686 e. The van der Waals surface area contributed by atoms with Crippen molar-refractivity contribution in [3.63, 3.8) is 0 Å². The average molecular weight is 198 g/mol. The molecule has 0 aromatic carbocycles. The van der Waals surface area contributed by atoms with Crippen LogP contribution in [0.4, 0.5) is 0 Å². The summed E-state index contributed by atoms with van der Waals surface area (Å²) in [4.78, 5) is 0. The Hall–Kier alpha value is -0.0862. The number of hydrogen-bond acceptors (Lipinski definition) is 0. The Kier molecular flexibility index (Phi) is 4.21. The fraction of sp³-hybridized carbons (Fsp3) is 0.600. The van der Waals surface area contributed by atoms with Crippen molar-refractivity contribution >= 4 is 16.1 Å². The Balaban J connectivity index is 4.00. The Morgan fingerprint density at radius 1 is 0.583 bits per heavy atom. The van der Waals surface area contributed by atoms with Gasteiger partial charge in [0.15, 0.2) is 0 Å². The zero-order chi connectivity index (χ0) is 9.83. The van der Waals surface area contributed by atoms with Crippen molar-refractivity contribution in [2.75, 3.05) is 0 Å². The Morgan fingerprint density at radius 3 is 1.00 bits per heavy atom. The van der Waals surface area contributed by atoms with Crippen molar-refractivity contribution in [3.05, 3.63) is 23.6 Å². The molecule has 0 rings (SSSR count). The van der Waals surface area contributed by atoms with E-state index in [1.807, 2.05) is 0 Å². The van der Waals surface area contributed by atoms with E-state index in [9.17, 15) is 0 Å². The maximum absolute atomic E-state index is 2.38. The Bertz CT molecular complexity index is 155. The number of rotatable bonds is 3. The molecule has 0 amide bonds. The molecule has 2 heteroatoms. The fourth-order valence-electron chi connectivity index (χ4n) is 0.688. The molecule has 0 saturated heterocycles. The van der Waals surface area contributed by atoms with Crippen LogP contribution in [0.1, 0.15) is 0 Å². The molecule has 0 atom stereocenters. The summed E-state index contributed by atoms with van der Waals surface area (Å²) in [6.45, 7) is 14.1. The normalized spacial score (nSPS) is 14.8. The van der Waals surface area contributed by atoms with Crippen LogP contribution in [0.15, 0.2) is 23.6 Å². The van der Waals surface area contributed by atoms with Crippen molar-refractivity contribution < 1.29 is 0 Å². The van der Waals surface area contributed by atoms with Gasteiger partial charge in [0.1, 0.15) is 0 Å². The van der Waals surface area contributed by atoms with Gasteiger partial charge in [0.2, 0.25) is 0 Å². The summed E-state index contributed by atoms with van der Waals surface area (Å²) in [5.74, 6) is 0. The molecular weight excluding hydrogens is 176 g/mol.